The molecule has 0 heterocycles. The molecule has 1 amide bonds. The second kappa shape index (κ2) is 6.81. The molecule has 0 fully saturated rings. The van der Waals surface area contributed by atoms with Crippen molar-refractivity contribution >= 4 is 23.2 Å². The van der Waals surface area contributed by atoms with Crippen molar-refractivity contribution in [1.29, 1.82) is 0 Å². The van der Waals surface area contributed by atoms with Crippen LogP contribution in [0.25, 0.3) is 0 Å². The largest absolute Gasteiger partial charge is 0.496 e. The first-order chi connectivity index (χ1) is 10.5. The molecule has 5 heteroatoms. The molecule has 0 atom stereocenters. The Morgan fingerprint density at radius 3 is 2.55 bits per heavy atom. The third-order valence-electron chi connectivity index (χ3n) is 3.54. The van der Waals surface area contributed by atoms with Crippen LogP contribution in [-0.4, -0.2) is 18.1 Å². The number of aliphatic hydroxyl groups is 1. The average Bonchev–Trinajstić information content (AvgIpc) is 2.50. The molecule has 0 unspecified atom stereocenters. The van der Waals surface area contributed by atoms with E-state index in [0.29, 0.717) is 27.6 Å². The molecule has 0 spiro atoms. The van der Waals surface area contributed by atoms with Gasteiger partial charge in [0.15, 0.2) is 0 Å². The highest BCUT2D eigenvalue weighted by atomic mass is 35.5. The number of aryl methyl sites for hydroxylation is 2. The minimum absolute atomic E-state index is 0.169. The van der Waals surface area contributed by atoms with Gasteiger partial charge in [-0.3, -0.25) is 4.79 Å². The summed E-state index contributed by atoms with van der Waals surface area (Å²) in [6, 6.07) is 8.63. The van der Waals surface area contributed by atoms with Crippen molar-refractivity contribution in [2.45, 2.75) is 20.5 Å². The maximum atomic E-state index is 12.4. The number of aliphatic hydroxyl groups excluding tert-OH is 1. The summed E-state index contributed by atoms with van der Waals surface area (Å²) in [5.74, 6) is 0.284. The SMILES string of the molecule is COc1ccc(NC(=O)c2cc(C)c(C)cc2Cl)cc1CO. The number of amides is 1. The van der Waals surface area contributed by atoms with E-state index in [9.17, 15) is 9.90 Å². The number of nitrogens with one attached hydrogen (secondary N) is 1. The fraction of sp³-hybridized carbons (Fsp3) is 0.235. The summed E-state index contributed by atoms with van der Waals surface area (Å²) in [6.45, 7) is 3.71. The standard InChI is InChI=1S/C17H18ClNO3/c1-10-6-14(15(18)7-11(10)2)17(21)19-13-4-5-16(22-3)12(8-13)9-20/h4-8,20H,9H2,1-3H3,(H,19,21). The molecule has 2 aromatic rings. The zero-order valence-electron chi connectivity index (χ0n) is 12.7. The van der Waals surface area contributed by atoms with E-state index in [1.807, 2.05) is 13.8 Å². The lowest BCUT2D eigenvalue weighted by molar-refractivity contribution is 0.102. The van der Waals surface area contributed by atoms with Gasteiger partial charge in [-0.05, 0) is 55.3 Å². The van der Waals surface area contributed by atoms with Crippen molar-refractivity contribution in [3.05, 3.63) is 57.6 Å². The molecule has 0 aromatic heterocycles. The lowest BCUT2D eigenvalue weighted by Gasteiger charge is -2.12. The van der Waals surface area contributed by atoms with E-state index in [2.05, 4.69) is 5.32 Å². The van der Waals surface area contributed by atoms with E-state index >= 15 is 0 Å². The zero-order chi connectivity index (χ0) is 16.3. The molecule has 4 nitrogen and oxygen atoms in total. The first-order valence-corrected chi connectivity index (χ1v) is 7.20. The van der Waals surface area contributed by atoms with Gasteiger partial charge in [0.25, 0.3) is 5.91 Å². The summed E-state index contributed by atoms with van der Waals surface area (Å²) < 4.78 is 5.14. The number of carbonyl (C=O) groups is 1. The molecule has 0 radical (unpaired) electrons. The number of hydrogen-bond donors (Lipinski definition) is 2. The molecule has 2 aromatic carbocycles. The third-order valence-corrected chi connectivity index (χ3v) is 3.85. The monoisotopic (exact) mass is 319 g/mol. The van der Waals surface area contributed by atoms with E-state index in [1.54, 1.807) is 30.3 Å². The van der Waals surface area contributed by atoms with Crippen LogP contribution < -0.4 is 10.1 Å². The highest BCUT2D eigenvalue weighted by molar-refractivity contribution is 6.34. The van der Waals surface area contributed by atoms with Crippen molar-refractivity contribution in [2.24, 2.45) is 0 Å². The van der Waals surface area contributed by atoms with Crippen LogP contribution in [0.5, 0.6) is 5.75 Å². The Hall–Kier alpha value is -2.04. The maximum Gasteiger partial charge on any atom is 0.257 e. The number of benzene rings is 2. The average molecular weight is 320 g/mol. The molecule has 0 aliphatic carbocycles. The van der Waals surface area contributed by atoms with Crippen LogP contribution in [0.3, 0.4) is 0 Å². The van der Waals surface area contributed by atoms with Crippen molar-refractivity contribution in [3.8, 4) is 5.75 Å². The summed E-state index contributed by atoms with van der Waals surface area (Å²) in [6.07, 6.45) is 0. The molecule has 0 bridgehead atoms. The highest BCUT2D eigenvalue weighted by Crippen LogP contribution is 2.25. The predicted octanol–water partition coefficient (Wildman–Crippen LogP) is 3.71. The molecule has 0 aliphatic heterocycles. The molecule has 0 saturated heterocycles. The number of hydrogen-bond acceptors (Lipinski definition) is 3. The van der Waals surface area contributed by atoms with Gasteiger partial charge in [-0.1, -0.05) is 11.6 Å². The van der Waals surface area contributed by atoms with E-state index in [1.165, 1.54) is 7.11 Å². The van der Waals surface area contributed by atoms with Crippen LogP contribution in [0.15, 0.2) is 30.3 Å². The lowest BCUT2D eigenvalue weighted by atomic mass is 10.1. The zero-order valence-corrected chi connectivity index (χ0v) is 13.5. The van der Waals surface area contributed by atoms with Gasteiger partial charge in [0, 0.05) is 11.3 Å². The van der Waals surface area contributed by atoms with Crippen LogP contribution in [0.4, 0.5) is 5.69 Å². The van der Waals surface area contributed by atoms with E-state index in [-0.39, 0.29) is 12.5 Å². The van der Waals surface area contributed by atoms with Crippen LogP contribution >= 0.6 is 11.6 Å². The lowest BCUT2D eigenvalue weighted by Crippen LogP contribution is -2.13. The highest BCUT2D eigenvalue weighted by Gasteiger charge is 2.13. The number of methoxy groups -OCH3 is 1. The fourth-order valence-corrected chi connectivity index (χ4v) is 2.44. The van der Waals surface area contributed by atoms with Crippen LogP contribution in [0, 0.1) is 13.8 Å². The smallest absolute Gasteiger partial charge is 0.257 e. The molecule has 0 aliphatic rings. The molecular formula is C17H18ClNO3. The number of ether oxygens (including phenoxy) is 1. The Kier molecular flexibility index (Phi) is 5.06. The number of anilines is 1. The van der Waals surface area contributed by atoms with Gasteiger partial charge in [-0.2, -0.15) is 0 Å². The van der Waals surface area contributed by atoms with E-state index in [4.69, 9.17) is 16.3 Å². The van der Waals surface area contributed by atoms with Gasteiger partial charge in [-0.15, -0.1) is 0 Å². The van der Waals surface area contributed by atoms with Gasteiger partial charge in [0.05, 0.1) is 24.3 Å². The Labute approximate surface area is 134 Å². The number of carbonyl (C=O) groups excluding carboxylic acids is 1. The van der Waals surface area contributed by atoms with E-state index < -0.39 is 0 Å². The summed E-state index contributed by atoms with van der Waals surface area (Å²) in [4.78, 5) is 12.4. The van der Waals surface area contributed by atoms with Crippen LogP contribution in [0.2, 0.25) is 5.02 Å². The fourth-order valence-electron chi connectivity index (χ4n) is 2.13. The minimum atomic E-state index is -0.290. The van der Waals surface area contributed by atoms with Crippen molar-refractivity contribution in [2.75, 3.05) is 12.4 Å². The Morgan fingerprint density at radius 2 is 1.91 bits per heavy atom. The van der Waals surface area contributed by atoms with Crippen LogP contribution in [0.1, 0.15) is 27.0 Å². The summed E-state index contributed by atoms with van der Waals surface area (Å²) in [5.41, 5.74) is 3.63. The second-order valence-electron chi connectivity index (χ2n) is 5.06. The van der Waals surface area contributed by atoms with Crippen molar-refractivity contribution < 1.29 is 14.6 Å². The Morgan fingerprint density at radius 1 is 1.23 bits per heavy atom. The van der Waals surface area contributed by atoms with Gasteiger partial charge >= 0.3 is 0 Å². The van der Waals surface area contributed by atoms with Gasteiger partial charge in [-0.25, -0.2) is 0 Å². The molecular weight excluding hydrogens is 302 g/mol. The summed E-state index contributed by atoms with van der Waals surface area (Å²) in [7, 11) is 1.53. The summed E-state index contributed by atoms with van der Waals surface area (Å²) in [5, 5.41) is 12.5. The predicted molar refractivity (Wildman–Crippen MR) is 87.8 cm³/mol. The van der Waals surface area contributed by atoms with Gasteiger partial charge in [0.1, 0.15) is 5.75 Å². The molecule has 22 heavy (non-hydrogen) atoms. The first-order valence-electron chi connectivity index (χ1n) is 6.82. The van der Waals surface area contributed by atoms with Crippen LogP contribution in [-0.2, 0) is 6.61 Å². The van der Waals surface area contributed by atoms with Crippen molar-refractivity contribution in [1.82, 2.24) is 0 Å². The Balaban J connectivity index is 2.27. The van der Waals surface area contributed by atoms with E-state index in [0.717, 1.165) is 11.1 Å². The molecule has 2 rings (SSSR count). The number of halogens is 1. The normalized spacial score (nSPS) is 10.4. The second-order valence-corrected chi connectivity index (χ2v) is 5.46. The minimum Gasteiger partial charge on any atom is -0.496 e. The molecule has 116 valence electrons. The van der Waals surface area contributed by atoms with Gasteiger partial charge < -0.3 is 15.2 Å². The summed E-state index contributed by atoms with van der Waals surface area (Å²) >= 11 is 6.15. The topological polar surface area (TPSA) is 58.6 Å². The number of rotatable bonds is 4. The van der Waals surface area contributed by atoms with Gasteiger partial charge in [0.2, 0.25) is 0 Å². The quantitative estimate of drug-likeness (QED) is 0.903. The van der Waals surface area contributed by atoms with Crippen molar-refractivity contribution in [3.63, 3.8) is 0 Å². The molecule has 0 saturated carbocycles. The maximum absolute atomic E-state index is 12.4. The third kappa shape index (κ3) is 3.40. The Bertz CT molecular complexity index is 713. The molecule has 2 N–H and O–H groups in total. The first kappa shape index (κ1) is 16.3.